The number of ether oxygens (including phenoxy) is 2. The van der Waals surface area contributed by atoms with Gasteiger partial charge in [-0.2, -0.15) is 0 Å². The number of amides is 1. The zero-order chi connectivity index (χ0) is 18.1. The number of hydrogen-bond donors (Lipinski definition) is 1. The minimum atomic E-state index is -0.775. The van der Waals surface area contributed by atoms with Gasteiger partial charge in [-0.15, -0.1) is 0 Å². The first-order valence-electron chi connectivity index (χ1n) is 9.79. The molecule has 1 atom stereocenters. The summed E-state index contributed by atoms with van der Waals surface area (Å²) in [6.07, 6.45) is 9.12. The fourth-order valence-electron chi connectivity index (χ4n) is 3.36. The van der Waals surface area contributed by atoms with Crippen molar-refractivity contribution >= 4 is 11.6 Å². The molecular formula is C21H33NO3. The topological polar surface area (TPSA) is 47.6 Å². The number of anilines is 1. The predicted octanol–water partition coefficient (Wildman–Crippen LogP) is 5.32. The van der Waals surface area contributed by atoms with E-state index in [2.05, 4.69) is 12.2 Å². The summed E-state index contributed by atoms with van der Waals surface area (Å²) in [5.74, 6) is 0.801. The summed E-state index contributed by atoms with van der Waals surface area (Å²) in [6, 6.07) is 7.67. The molecule has 2 rings (SSSR count). The molecule has 4 heteroatoms. The van der Waals surface area contributed by atoms with E-state index in [1.165, 1.54) is 12.8 Å². The number of carbonyl (C=O) groups is 1. The number of carbonyl (C=O) groups excluding carboxylic acids is 1. The minimum Gasteiger partial charge on any atom is -0.490 e. The van der Waals surface area contributed by atoms with Crippen LogP contribution in [-0.2, 0) is 9.53 Å². The fourth-order valence-corrected chi connectivity index (χ4v) is 3.36. The predicted molar refractivity (Wildman–Crippen MR) is 102 cm³/mol. The highest BCUT2D eigenvalue weighted by Crippen LogP contribution is 2.26. The summed E-state index contributed by atoms with van der Waals surface area (Å²) in [6.45, 7) is 6.51. The molecule has 1 aliphatic rings. The maximum atomic E-state index is 12.7. The average Bonchev–Trinajstić information content (AvgIpc) is 3.10. The molecule has 1 unspecified atom stereocenters. The van der Waals surface area contributed by atoms with Crippen LogP contribution < -0.4 is 10.1 Å². The van der Waals surface area contributed by atoms with Crippen LogP contribution in [0.3, 0.4) is 0 Å². The molecule has 1 aromatic carbocycles. The van der Waals surface area contributed by atoms with Crippen molar-refractivity contribution in [3.05, 3.63) is 24.3 Å². The largest absolute Gasteiger partial charge is 0.490 e. The smallest absolute Gasteiger partial charge is 0.256 e. The number of benzene rings is 1. The van der Waals surface area contributed by atoms with Gasteiger partial charge < -0.3 is 14.8 Å². The molecule has 140 valence electrons. The Bertz CT molecular complexity index is 522. The van der Waals surface area contributed by atoms with Crippen LogP contribution in [0.5, 0.6) is 5.75 Å². The number of nitrogens with one attached hydrogen (secondary N) is 1. The van der Waals surface area contributed by atoms with E-state index in [0.29, 0.717) is 12.7 Å². The zero-order valence-electron chi connectivity index (χ0n) is 16.0. The minimum absolute atomic E-state index is 0.0742. The van der Waals surface area contributed by atoms with E-state index in [4.69, 9.17) is 9.47 Å². The van der Waals surface area contributed by atoms with Crippen LogP contribution >= 0.6 is 0 Å². The maximum Gasteiger partial charge on any atom is 0.256 e. The molecule has 1 saturated carbocycles. The monoisotopic (exact) mass is 347 g/mol. The molecule has 4 nitrogen and oxygen atoms in total. The van der Waals surface area contributed by atoms with Gasteiger partial charge in [0, 0.05) is 12.3 Å². The molecule has 0 bridgehead atoms. The van der Waals surface area contributed by atoms with Gasteiger partial charge in [0.1, 0.15) is 11.4 Å². The van der Waals surface area contributed by atoms with Crippen LogP contribution in [0.15, 0.2) is 24.3 Å². The van der Waals surface area contributed by atoms with Crippen molar-refractivity contribution in [2.45, 2.75) is 83.8 Å². The van der Waals surface area contributed by atoms with Gasteiger partial charge >= 0.3 is 0 Å². The molecule has 0 aliphatic heterocycles. The second-order valence-corrected chi connectivity index (χ2v) is 7.12. The Morgan fingerprint density at radius 1 is 1.16 bits per heavy atom. The van der Waals surface area contributed by atoms with Gasteiger partial charge in [0.05, 0.1) is 6.10 Å². The normalized spacial score (nSPS) is 17.2. The van der Waals surface area contributed by atoms with E-state index in [9.17, 15) is 4.79 Å². The third kappa shape index (κ3) is 6.03. The average molecular weight is 347 g/mol. The molecule has 1 amide bonds. The Labute approximate surface area is 152 Å². The molecule has 1 N–H and O–H groups in total. The van der Waals surface area contributed by atoms with Crippen molar-refractivity contribution < 1.29 is 14.3 Å². The van der Waals surface area contributed by atoms with Crippen LogP contribution in [0.2, 0.25) is 0 Å². The summed E-state index contributed by atoms with van der Waals surface area (Å²) >= 11 is 0. The van der Waals surface area contributed by atoms with Crippen LogP contribution in [-0.4, -0.2) is 24.2 Å². The molecule has 0 spiro atoms. The van der Waals surface area contributed by atoms with Crippen molar-refractivity contribution in [1.82, 2.24) is 0 Å². The van der Waals surface area contributed by atoms with Crippen molar-refractivity contribution in [1.29, 1.82) is 0 Å². The second-order valence-electron chi connectivity index (χ2n) is 7.12. The van der Waals surface area contributed by atoms with Crippen molar-refractivity contribution in [2.75, 3.05) is 11.9 Å². The summed E-state index contributed by atoms with van der Waals surface area (Å²) < 4.78 is 11.8. The molecule has 1 aromatic rings. The molecule has 0 aromatic heterocycles. The second kappa shape index (κ2) is 9.81. The van der Waals surface area contributed by atoms with E-state index in [1.54, 1.807) is 0 Å². The zero-order valence-corrected chi connectivity index (χ0v) is 16.0. The standard InChI is InChI=1S/C21H33NO3/c1-4-6-9-16-21(3,24-5-2)20(23)22-17-12-14-19(15-13-17)25-18-10-7-8-11-18/h12-15,18H,4-11,16H2,1-3H3,(H,22,23). The van der Waals surface area contributed by atoms with Gasteiger partial charge in [0.15, 0.2) is 0 Å². The van der Waals surface area contributed by atoms with Gasteiger partial charge in [0.25, 0.3) is 5.91 Å². The van der Waals surface area contributed by atoms with E-state index < -0.39 is 5.60 Å². The number of rotatable bonds is 10. The lowest BCUT2D eigenvalue weighted by Crippen LogP contribution is -2.42. The lowest BCUT2D eigenvalue weighted by molar-refractivity contribution is -0.139. The Hall–Kier alpha value is -1.55. The SMILES string of the molecule is CCCCCC(C)(OCC)C(=O)Nc1ccc(OC2CCCC2)cc1. The third-order valence-electron chi connectivity index (χ3n) is 4.92. The fraction of sp³-hybridized carbons (Fsp3) is 0.667. The summed E-state index contributed by atoms with van der Waals surface area (Å²) in [5, 5.41) is 3.00. The van der Waals surface area contributed by atoms with Gasteiger partial charge in [-0.1, -0.05) is 26.2 Å². The molecular weight excluding hydrogens is 314 g/mol. The Balaban J connectivity index is 1.92. The maximum absolute atomic E-state index is 12.7. The Morgan fingerprint density at radius 2 is 1.84 bits per heavy atom. The van der Waals surface area contributed by atoms with Gasteiger partial charge in [0.2, 0.25) is 0 Å². The van der Waals surface area contributed by atoms with E-state index >= 15 is 0 Å². The van der Waals surface area contributed by atoms with Crippen LogP contribution in [0.1, 0.15) is 72.1 Å². The van der Waals surface area contributed by atoms with E-state index in [0.717, 1.165) is 50.0 Å². The van der Waals surface area contributed by atoms with E-state index in [1.807, 2.05) is 38.1 Å². The lowest BCUT2D eigenvalue weighted by atomic mass is 9.96. The van der Waals surface area contributed by atoms with Crippen molar-refractivity contribution in [2.24, 2.45) is 0 Å². The lowest BCUT2D eigenvalue weighted by Gasteiger charge is -2.28. The number of unbranched alkanes of at least 4 members (excludes halogenated alkanes) is 2. The molecule has 0 radical (unpaired) electrons. The van der Waals surface area contributed by atoms with Crippen LogP contribution in [0, 0.1) is 0 Å². The summed E-state index contributed by atoms with van der Waals surface area (Å²) in [7, 11) is 0. The van der Waals surface area contributed by atoms with Crippen molar-refractivity contribution in [3.63, 3.8) is 0 Å². The summed E-state index contributed by atoms with van der Waals surface area (Å²) in [5.41, 5.74) is 0.00772. The molecule has 0 saturated heterocycles. The molecule has 1 fully saturated rings. The first kappa shape index (κ1) is 19.8. The van der Waals surface area contributed by atoms with Crippen LogP contribution in [0.25, 0.3) is 0 Å². The number of hydrogen-bond acceptors (Lipinski definition) is 3. The van der Waals surface area contributed by atoms with Crippen LogP contribution in [0.4, 0.5) is 5.69 Å². The quantitative estimate of drug-likeness (QED) is 0.583. The highest BCUT2D eigenvalue weighted by Gasteiger charge is 2.33. The van der Waals surface area contributed by atoms with E-state index in [-0.39, 0.29) is 5.91 Å². The first-order chi connectivity index (χ1) is 12.1. The highest BCUT2D eigenvalue weighted by molar-refractivity contribution is 5.97. The highest BCUT2D eigenvalue weighted by atomic mass is 16.5. The Kier molecular flexibility index (Phi) is 7.76. The molecule has 0 heterocycles. The van der Waals surface area contributed by atoms with Gasteiger partial charge in [-0.25, -0.2) is 0 Å². The molecule has 25 heavy (non-hydrogen) atoms. The van der Waals surface area contributed by atoms with Gasteiger partial charge in [-0.05, 0) is 70.2 Å². The first-order valence-corrected chi connectivity index (χ1v) is 9.79. The van der Waals surface area contributed by atoms with Gasteiger partial charge in [-0.3, -0.25) is 4.79 Å². The Morgan fingerprint density at radius 3 is 2.44 bits per heavy atom. The van der Waals surface area contributed by atoms with Crippen molar-refractivity contribution in [3.8, 4) is 5.75 Å². The third-order valence-corrected chi connectivity index (χ3v) is 4.92. The summed E-state index contributed by atoms with van der Waals surface area (Å²) in [4.78, 5) is 12.7. The molecule has 1 aliphatic carbocycles.